The minimum atomic E-state index is -0.174. The van der Waals surface area contributed by atoms with Crippen molar-refractivity contribution in [3.63, 3.8) is 0 Å². The van der Waals surface area contributed by atoms with Crippen LogP contribution in [0.1, 0.15) is 11.1 Å². The van der Waals surface area contributed by atoms with Crippen molar-refractivity contribution in [2.24, 2.45) is 0 Å². The third kappa shape index (κ3) is 3.76. The van der Waals surface area contributed by atoms with Gasteiger partial charge in [0, 0.05) is 32.7 Å². The largest absolute Gasteiger partial charge is 0.378 e. The molecule has 0 unspecified atom stereocenters. The van der Waals surface area contributed by atoms with Crippen LogP contribution in [-0.2, 0) is 11.3 Å². The zero-order valence-corrected chi connectivity index (χ0v) is 13.5. The molecule has 0 atom stereocenters. The van der Waals surface area contributed by atoms with Gasteiger partial charge in [0.05, 0.1) is 13.2 Å². The molecule has 1 aliphatic heterocycles. The van der Waals surface area contributed by atoms with E-state index in [2.05, 4.69) is 14.9 Å². The third-order valence-electron chi connectivity index (χ3n) is 4.02. The van der Waals surface area contributed by atoms with Crippen molar-refractivity contribution in [3.05, 3.63) is 47.5 Å². The zero-order valence-electron chi connectivity index (χ0n) is 13.5. The number of anilines is 2. The summed E-state index contributed by atoms with van der Waals surface area (Å²) in [4.78, 5) is 12.9. The Morgan fingerprint density at radius 1 is 1.22 bits per heavy atom. The monoisotopic (exact) mass is 316 g/mol. The summed E-state index contributed by atoms with van der Waals surface area (Å²) < 4.78 is 19.0. The molecule has 0 spiro atoms. The van der Waals surface area contributed by atoms with Crippen molar-refractivity contribution in [3.8, 4) is 0 Å². The van der Waals surface area contributed by atoms with Gasteiger partial charge in [-0.2, -0.15) is 0 Å². The Bertz CT molecular complexity index is 673. The molecule has 1 aliphatic rings. The van der Waals surface area contributed by atoms with Crippen LogP contribution in [0.15, 0.2) is 30.6 Å². The fourth-order valence-electron chi connectivity index (χ4n) is 2.60. The number of rotatable bonds is 4. The Kier molecular flexibility index (Phi) is 4.71. The molecule has 122 valence electrons. The van der Waals surface area contributed by atoms with Gasteiger partial charge in [0.2, 0.25) is 0 Å². The van der Waals surface area contributed by atoms with E-state index in [4.69, 9.17) is 4.74 Å². The number of hydrogen-bond acceptors (Lipinski definition) is 5. The van der Waals surface area contributed by atoms with E-state index in [1.807, 2.05) is 24.1 Å². The average molecular weight is 316 g/mol. The Morgan fingerprint density at radius 3 is 2.74 bits per heavy atom. The highest BCUT2D eigenvalue weighted by molar-refractivity contribution is 5.50. The van der Waals surface area contributed by atoms with Crippen LogP contribution in [0.2, 0.25) is 0 Å². The zero-order chi connectivity index (χ0) is 16.2. The van der Waals surface area contributed by atoms with Crippen molar-refractivity contribution in [2.75, 3.05) is 43.2 Å². The van der Waals surface area contributed by atoms with Crippen LogP contribution in [0.25, 0.3) is 0 Å². The number of hydrogen-bond donors (Lipinski definition) is 0. The van der Waals surface area contributed by atoms with Crippen molar-refractivity contribution in [1.29, 1.82) is 0 Å². The van der Waals surface area contributed by atoms with Crippen LogP contribution < -0.4 is 9.80 Å². The van der Waals surface area contributed by atoms with E-state index in [9.17, 15) is 4.39 Å². The summed E-state index contributed by atoms with van der Waals surface area (Å²) in [7, 11) is 1.95. The number of benzene rings is 1. The fraction of sp³-hybridized carbons (Fsp3) is 0.412. The topological polar surface area (TPSA) is 41.5 Å². The van der Waals surface area contributed by atoms with Crippen LogP contribution >= 0.6 is 0 Å². The standard InChI is InChI=1S/C17H21FN4O/c1-13-3-4-14(9-15(13)18)11-21(2)16-10-17(20-12-19-16)22-5-7-23-8-6-22/h3-4,9-10,12H,5-8,11H2,1-2H3. The molecule has 1 aromatic heterocycles. The second-order valence-corrected chi connectivity index (χ2v) is 5.77. The van der Waals surface area contributed by atoms with Crippen molar-refractivity contribution in [1.82, 2.24) is 9.97 Å². The maximum atomic E-state index is 13.7. The quantitative estimate of drug-likeness (QED) is 0.866. The highest BCUT2D eigenvalue weighted by atomic mass is 19.1. The average Bonchev–Trinajstić information content (AvgIpc) is 2.59. The number of morpholine rings is 1. The van der Waals surface area contributed by atoms with E-state index < -0.39 is 0 Å². The fourth-order valence-corrected chi connectivity index (χ4v) is 2.60. The minimum Gasteiger partial charge on any atom is -0.378 e. The van der Waals surface area contributed by atoms with Gasteiger partial charge in [-0.3, -0.25) is 0 Å². The molecule has 1 fully saturated rings. The molecule has 6 heteroatoms. The Hall–Kier alpha value is -2.21. The highest BCUT2D eigenvalue weighted by Crippen LogP contribution is 2.19. The van der Waals surface area contributed by atoms with Gasteiger partial charge in [0.15, 0.2) is 0 Å². The number of nitrogens with zero attached hydrogens (tertiary/aromatic N) is 4. The predicted molar refractivity (Wildman–Crippen MR) is 88.3 cm³/mol. The summed E-state index contributed by atoms with van der Waals surface area (Å²) in [6, 6.07) is 7.29. The molecule has 1 aromatic carbocycles. The van der Waals surface area contributed by atoms with Gasteiger partial charge in [0.25, 0.3) is 0 Å². The number of aryl methyl sites for hydroxylation is 1. The first-order valence-electron chi connectivity index (χ1n) is 7.74. The summed E-state index contributed by atoms with van der Waals surface area (Å²) in [5.74, 6) is 1.55. The van der Waals surface area contributed by atoms with E-state index in [-0.39, 0.29) is 5.82 Å². The third-order valence-corrected chi connectivity index (χ3v) is 4.02. The molecule has 23 heavy (non-hydrogen) atoms. The number of halogens is 1. The maximum absolute atomic E-state index is 13.7. The van der Waals surface area contributed by atoms with Crippen LogP contribution in [0.5, 0.6) is 0 Å². The van der Waals surface area contributed by atoms with E-state index in [0.717, 1.165) is 43.5 Å². The van der Waals surface area contributed by atoms with Crippen molar-refractivity contribution in [2.45, 2.75) is 13.5 Å². The molecule has 5 nitrogen and oxygen atoms in total. The lowest BCUT2D eigenvalue weighted by molar-refractivity contribution is 0.122. The predicted octanol–water partition coefficient (Wildman–Crippen LogP) is 2.40. The van der Waals surface area contributed by atoms with Gasteiger partial charge < -0.3 is 14.5 Å². The Balaban J connectivity index is 1.73. The van der Waals surface area contributed by atoms with Gasteiger partial charge >= 0.3 is 0 Å². The smallest absolute Gasteiger partial charge is 0.134 e. The molecule has 0 aliphatic carbocycles. The summed E-state index contributed by atoms with van der Waals surface area (Å²) >= 11 is 0. The lowest BCUT2D eigenvalue weighted by Gasteiger charge is -2.28. The van der Waals surface area contributed by atoms with E-state index in [1.165, 1.54) is 0 Å². The molecule has 0 amide bonds. The first-order chi connectivity index (χ1) is 11.1. The lowest BCUT2D eigenvalue weighted by atomic mass is 10.1. The normalized spacial score (nSPS) is 14.8. The minimum absolute atomic E-state index is 0.174. The van der Waals surface area contributed by atoms with Crippen molar-refractivity contribution >= 4 is 11.6 Å². The molecule has 1 saturated heterocycles. The van der Waals surface area contributed by atoms with Gasteiger partial charge in [-0.25, -0.2) is 14.4 Å². The molecule has 0 saturated carbocycles. The SMILES string of the molecule is Cc1ccc(CN(C)c2cc(N3CCOCC3)ncn2)cc1F. The molecule has 3 rings (SSSR count). The highest BCUT2D eigenvalue weighted by Gasteiger charge is 2.14. The summed E-state index contributed by atoms with van der Waals surface area (Å²) in [6.45, 7) is 5.47. The molecular weight excluding hydrogens is 295 g/mol. The van der Waals surface area contributed by atoms with Gasteiger partial charge in [0.1, 0.15) is 23.8 Å². The summed E-state index contributed by atoms with van der Waals surface area (Å²) in [6.07, 6.45) is 1.58. The summed E-state index contributed by atoms with van der Waals surface area (Å²) in [5, 5.41) is 0. The van der Waals surface area contributed by atoms with Crippen LogP contribution in [0, 0.1) is 12.7 Å². The second kappa shape index (κ2) is 6.91. The molecular formula is C17H21FN4O. The van der Waals surface area contributed by atoms with Gasteiger partial charge in [-0.05, 0) is 24.1 Å². The first kappa shape index (κ1) is 15.7. The number of ether oxygens (including phenoxy) is 1. The van der Waals surface area contributed by atoms with E-state index in [1.54, 1.807) is 25.4 Å². The number of aromatic nitrogens is 2. The molecule has 0 radical (unpaired) electrons. The molecule has 0 bridgehead atoms. The van der Waals surface area contributed by atoms with Crippen LogP contribution in [0.3, 0.4) is 0 Å². The van der Waals surface area contributed by atoms with Crippen LogP contribution in [0.4, 0.5) is 16.0 Å². The van der Waals surface area contributed by atoms with E-state index in [0.29, 0.717) is 12.1 Å². The van der Waals surface area contributed by atoms with Gasteiger partial charge in [-0.15, -0.1) is 0 Å². The molecule has 0 N–H and O–H groups in total. The first-order valence-corrected chi connectivity index (χ1v) is 7.74. The second-order valence-electron chi connectivity index (χ2n) is 5.77. The van der Waals surface area contributed by atoms with E-state index >= 15 is 0 Å². The Morgan fingerprint density at radius 2 is 2.00 bits per heavy atom. The molecule has 2 heterocycles. The Labute approximate surface area is 135 Å². The van der Waals surface area contributed by atoms with Gasteiger partial charge in [-0.1, -0.05) is 12.1 Å². The molecule has 2 aromatic rings. The summed E-state index contributed by atoms with van der Waals surface area (Å²) in [5.41, 5.74) is 1.58. The lowest BCUT2D eigenvalue weighted by Crippen LogP contribution is -2.36. The van der Waals surface area contributed by atoms with Crippen LogP contribution in [-0.4, -0.2) is 43.3 Å². The maximum Gasteiger partial charge on any atom is 0.134 e. The van der Waals surface area contributed by atoms with Crippen molar-refractivity contribution < 1.29 is 9.13 Å².